The zero-order valence-corrected chi connectivity index (χ0v) is 16.4. The summed E-state index contributed by atoms with van der Waals surface area (Å²) in [6.45, 7) is 8.83. The topological polar surface area (TPSA) is 85.5 Å². The molecule has 0 amide bonds. The molecule has 4 rings (SSSR count). The molecule has 7 heteroatoms. The first-order chi connectivity index (χ1) is 13.6. The minimum Gasteiger partial charge on any atom is -0.507 e. The highest BCUT2D eigenvalue weighted by Crippen LogP contribution is 2.40. The number of nitriles is 1. The van der Waals surface area contributed by atoms with Crippen molar-refractivity contribution in [2.45, 2.75) is 32.7 Å². The van der Waals surface area contributed by atoms with Crippen LogP contribution in [0.2, 0.25) is 0 Å². The molecule has 2 aliphatic heterocycles. The average Bonchev–Trinajstić information content (AvgIpc) is 2.74. The smallest absolute Gasteiger partial charge is 0.194 e. The van der Waals surface area contributed by atoms with Crippen LogP contribution in [0.25, 0.3) is 11.3 Å². The van der Waals surface area contributed by atoms with E-state index in [1.165, 1.54) is 12.5 Å². The van der Waals surface area contributed by atoms with Crippen LogP contribution in [0, 0.1) is 18.3 Å². The lowest BCUT2D eigenvalue weighted by Gasteiger charge is -2.41. The zero-order valence-electron chi connectivity index (χ0n) is 16.4. The Hall–Kier alpha value is -2.85. The Labute approximate surface area is 165 Å². The molecule has 0 saturated carbocycles. The summed E-state index contributed by atoms with van der Waals surface area (Å²) in [7, 11) is 0. The largest absolute Gasteiger partial charge is 0.507 e. The number of piperidine rings is 1. The van der Waals surface area contributed by atoms with E-state index in [-0.39, 0.29) is 5.75 Å². The van der Waals surface area contributed by atoms with Crippen molar-refractivity contribution >= 4 is 5.82 Å². The number of fused-ring (bicyclic) bond motifs is 1. The zero-order chi connectivity index (χ0) is 19.7. The van der Waals surface area contributed by atoms with Gasteiger partial charge < -0.3 is 19.6 Å². The fraction of sp³-hybridized carbons (Fsp3) is 0.476. The number of phenolic OH excluding ortho intramolecular Hbond substituents is 1. The highest BCUT2D eigenvalue weighted by atomic mass is 16.5. The van der Waals surface area contributed by atoms with Gasteiger partial charge in [-0.2, -0.15) is 5.26 Å². The molecular weight excluding hydrogens is 354 g/mol. The number of likely N-dealkylation sites (tertiary alicyclic amines) is 1. The fourth-order valence-corrected chi connectivity index (χ4v) is 4.19. The van der Waals surface area contributed by atoms with Gasteiger partial charge in [-0.05, 0) is 51.1 Å². The Morgan fingerprint density at radius 1 is 1.32 bits per heavy atom. The monoisotopic (exact) mass is 379 g/mol. The molecule has 1 aromatic carbocycles. The van der Waals surface area contributed by atoms with Crippen molar-refractivity contribution in [1.82, 2.24) is 15.1 Å². The number of phenols is 1. The van der Waals surface area contributed by atoms with Gasteiger partial charge in [0.25, 0.3) is 0 Å². The summed E-state index contributed by atoms with van der Waals surface area (Å²) in [5.74, 6) is 1.56. The third kappa shape index (κ3) is 3.25. The summed E-state index contributed by atoms with van der Waals surface area (Å²) in [6.07, 6.45) is 2.34. The van der Waals surface area contributed by atoms with Crippen molar-refractivity contribution in [3.8, 4) is 28.8 Å². The third-order valence-electron chi connectivity index (χ3n) is 5.74. The van der Waals surface area contributed by atoms with Crippen LogP contribution in [-0.2, 0) is 0 Å². The molecule has 1 fully saturated rings. The molecule has 1 saturated heterocycles. The number of likely N-dealkylation sites (N-methyl/N-ethyl adjacent to an activating group) is 1. The Bertz CT molecular complexity index is 924. The SMILES string of the molecule is CCN1CCC[C@@H](N2CCOc3c2nnc(-c2ccc(C#N)cc2O)c3C)C1. The van der Waals surface area contributed by atoms with Gasteiger partial charge in [-0.1, -0.05) is 6.92 Å². The second-order valence-electron chi connectivity index (χ2n) is 7.40. The van der Waals surface area contributed by atoms with Gasteiger partial charge in [-0.15, -0.1) is 10.2 Å². The molecule has 2 aromatic rings. The van der Waals surface area contributed by atoms with Crippen LogP contribution in [0.4, 0.5) is 5.82 Å². The molecule has 7 nitrogen and oxygen atoms in total. The van der Waals surface area contributed by atoms with E-state index in [0.717, 1.165) is 49.7 Å². The highest BCUT2D eigenvalue weighted by molar-refractivity contribution is 5.75. The van der Waals surface area contributed by atoms with E-state index in [1.807, 2.05) is 13.0 Å². The van der Waals surface area contributed by atoms with Gasteiger partial charge in [0.2, 0.25) is 0 Å². The van der Waals surface area contributed by atoms with Crippen LogP contribution in [0.1, 0.15) is 30.9 Å². The molecule has 2 aliphatic rings. The molecule has 0 aliphatic carbocycles. The van der Waals surface area contributed by atoms with Crippen molar-refractivity contribution in [3.63, 3.8) is 0 Å². The summed E-state index contributed by atoms with van der Waals surface area (Å²) < 4.78 is 5.98. The van der Waals surface area contributed by atoms with Crippen LogP contribution in [0.5, 0.6) is 11.5 Å². The molecule has 1 atom stereocenters. The summed E-state index contributed by atoms with van der Waals surface area (Å²) in [4.78, 5) is 4.82. The van der Waals surface area contributed by atoms with E-state index in [9.17, 15) is 5.11 Å². The van der Waals surface area contributed by atoms with E-state index in [4.69, 9.17) is 10.00 Å². The standard InChI is InChI=1S/C21H25N5O2/c1-3-25-8-4-5-16(13-25)26-9-10-28-20-14(2)19(23-24-21(20)26)17-7-6-15(12-22)11-18(17)27/h6-7,11,16,27H,3-5,8-10,13H2,1-2H3/t16-/m1/s1. The minimum absolute atomic E-state index is 0.0231. The lowest BCUT2D eigenvalue weighted by Crippen LogP contribution is -2.50. The van der Waals surface area contributed by atoms with Gasteiger partial charge in [0, 0.05) is 23.7 Å². The first kappa shape index (κ1) is 18.5. The Morgan fingerprint density at radius 2 is 2.18 bits per heavy atom. The first-order valence-electron chi connectivity index (χ1n) is 9.85. The second kappa shape index (κ2) is 7.64. The maximum absolute atomic E-state index is 10.3. The Kier molecular flexibility index (Phi) is 5.05. The van der Waals surface area contributed by atoms with E-state index >= 15 is 0 Å². The second-order valence-corrected chi connectivity index (χ2v) is 7.40. The highest BCUT2D eigenvalue weighted by Gasteiger charge is 2.32. The number of ether oxygens (including phenoxy) is 1. The van der Waals surface area contributed by atoms with E-state index in [0.29, 0.717) is 29.5 Å². The first-order valence-corrected chi connectivity index (χ1v) is 9.85. The quantitative estimate of drug-likeness (QED) is 0.877. The number of aromatic hydroxyl groups is 1. The molecule has 3 heterocycles. The van der Waals surface area contributed by atoms with Gasteiger partial charge in [0.15, 0.2) is 11.6 Å². The third-order valence-corrected chi connectivity index (χ3v) is 5.74. The molecule has 1 aromatic heterocycles. The Morgan fingerprint density at radius 3 is 2.93 bits per heavy atom. The molecule has 0 bridgehead atoms. The van der Waals surface area contributed by atoms with Gasteiger partial charge in [0.05, 0.1) is 18.2 Å². The number of hydrogen-bond acceptors (Lipinski definition) is 7. The number of nitrogens with zero attached hydrogens (tertiary/aromatic N) is 5. The normalized spacial score (nSPS) is 19.6. The molecule has 0 radical (unpaired) electrons. The molecule has 1 N–H and O–H groups in total. The van der Waals surface area contributed by atoms with Gasteiger partial charge >= 0.3 is 0 Å². The molecule has 0 unspecified atom stereocenters. The van der Waals surface area contributed by atoms with Crippen molar-refractivity contribution in [2.24, 2.45) is 0 Å². The molecule has 28 heavy (non-hydrogen) atoms. The van der Waals surface area contributed by atoms with Crippen LogP contribution >= 0.6 is 0 Å². The number of aromatic nitrogens is 2. The predicted octanol–water partition coefficient (Wildman–Crippen LogP) is 2.71. The fourth-order valence-electron chi connectivity index (χ4n) is 4.19. The van der Waals surface area contributed by atoms with Crippen molar-refractivity contribution in [1.29, 1.82) is 5.26 Å². The van der Waals surface area contributed by atoms with E-state index in [2.05, 4.69) is 26.9 Å². The van der Waals surface area contributed by atoms with E-state index in [1.54, 1.807) is 12.1 Å². The average molecular weight is 379 g/mol. The number of benzene rings is 1. The van der Waals surface area contributed by atoms with Crippen LogP contribution in [0.15, 0.2) is 18.2 Å². The summed E-state index contributed by atoms with van der Waals surface area (Å²) in [5, 5.41) is 28.3. The molecule has 146 valence electrons. The maximum Gasteiger partial charge on any atom is 0.194 e. The molecular formula is C21H25N5O2. The van der Waals surface area contributed by atoms with E-state index < -0.39 is 0 Å². The minimum atomic E-state index is 0.0231. The van der Waals surface area contributed by atoms with Crippen LogP contribution < -0.4 is 9.64 Å². The van der Waals surface area contributed by atoms with Gasteiger partial charge in [-0.25, -0.2) is 0 Å². The summed E-state index contributed by atoms with van der Waals surface area (Å²) in [5.41, 5.74) is 2.41. The number of anilines is 1. The number of rotatable bonds is 3. The van der Waals surface area contributed by atoms with Crippen molar-refractivity contribution < 1.29 is 9.84 Å². The maximum atomic E-state index is 10.3. The lowest BCUT2D eigenvalue weighted by molar-refractivity contribution is 0.202. The van der Waals surface area contributed by atoms with Crippen molar-refractivity contribution in [3.05, 3.63) is 29.3 Å². The van der Waals surface area contributed by atoms with Crippen molar-refractivity contribution in [2.75, 3.05) is 37.7 Å². The van der Waals surface area contributed by atoms with Crippen LogP contribution in [0.3, 0.4) is 0 Å². The summed E-state index contributed by atoms with van der Waals surface area (Å²) in [6, 6.07) is 7.27. The van der Waals surface area contributed by atoms with Gasteiger partial charge in [-0.3, -0.25) is 0 Å². The predicted molar refractivity (Wildman–Crippen MR) is 107 cm³/mol. The lowest BCUT2D eigenvalue weighted by atomic mass is 10.0. The molecule has 0 spiro atoms. The van der Waals surface area contributed by atoms with Gasteiger partial charge in [0.1, 0.15) is 18.1 Å². The summed E-state index contributed by atoms with van der Waals surface area (Å²) >= 11 is 0. The number of hydrogen-bond donors (Lipinski definition) is 1. The van der Waals surface area contributed by atoms with Crippen LogP contribution in [-0.4, -0.2) is 59.0 Å². The Balaban J connectivity index is 1.70.